The summed E-state index contributed by atoms with van der Waals surface area (Å²) in [6.07, 6.45) is 0. The van der Waals surface area contributed by atoms with Gasteiger partial charge in [0.1, 0.15) is 24.2 Å². The van der Waals surface area contributed by atoms with Gasteiger partial charge in [-0.15, -0.1) is 0 Å². The van der Waals surface area contributed by atoms with E-state index < -0.39 is 0 Å². The van der Waals surface area contributed by atoms with Gasteiger partial charge in [-0.3, -0.25) is 0 Å². The fraction of sp³-hybridized carbons (Fsp3) is 0.500. The van der Waals surface area contributed by atoms with Gasteiger partial charge in [-0.05, 0) is 32.9 Å². The Kier molecular flexibility index (Phi) is 4.99. The van der Waals surface area contributed by atoms with Gasteiger partial charge in [0.25, 0.3) is 0 Å². The lowest BCUT2D eigenvalue weighted by molar-refractivity contribution is -0.0163. The Labute approximate surface area is 108 Å². The molecule has 1 rings (SSSR count). The predicted octanol–water partition coefficient (Wildman–Crippen LogP) is 2.76. The summed E-state index contributed by atoms with van der Waals surface area (Å²) in [5.41, 5.74) is 0.307. The van der Waals surface area contributed by atoms with Crippen molar-refractivity contribution in [2.24, 2.45) is 0 Å². The van der Waals surface area contributed by atoms with Crippen LogP contribution >= 0.6 is 0 Å². The highest BCUT2D eigenvalue weighted by Crippen LogP contribution is 2.24. The van der Waals surface area contributed by atoms with E-state index in [1.54, 1.807) is 25.3 Å². The Morgan fingerprint density at radius 2 is 1.94 bits per heavy atom. The first-order valence-corrected chi connectivity index (χ1v) is 5.81. The van der Waals surface area contributed by atoms with Gasteiger partial charge in [0.15, 0.2) is 0 Å². The third-order valence-electron chi connectivity index (χ3n) is 2.19. The van der Waals surface area contributed by atoms with Crippen LogP contribution in [-0.4, -0.2) is 25.9 Å². The topological polar surface area (TPSA) is 51.5 Å². The first-order chi connectivity index (χ1) is 8.46. The van der Waals surface area contributed by atoms with Crippen LogP contribution in [0.2, 0.25) is 0 Å². The molecule has 4 heteroatoms. The molecular weight excluding hydrogens is 230 g/mol. The van der Waals surface area contributed by atoms with Gasteiger partial charge in [-0.1, -0.05) is 0 Å². The van der Waals surface area contributed by atoms with Crippen LogP contribution in [0.4, 0.5) is 0 Å². The molecule has 4 nitrogen and oxygen atoms in total. The van der Waals surface area contributed by atoms with E-state index in [4.69, 9.17) is 19.5 Å². The van der Waals surface area contributed by atoms with E-state index in [0.717, 1.165) is 0 Å². The molecule has 0 bridgehead atoms. The molecule has 0 radical (unpaired) electrons. The Bertz CT molecular complexity index is 430. The van der Waals surface area contributed by atoms with Gasteiger partial charge in [0.2, 0.25) is 0 Å². The van der Waals surface area contributed by atoms with Crippen LogP contribution in [0.25, 0.3) is 0 Å². The second-order valence-corrected chi connectivity index (χ2v) is 4.78. The Morgan fingerprint density at radius 3 is 2.50 bits per heavy atom. The van der Waals surface area contributed by atoms with Crippen molar-refractivity contribution in [1.82, 2.24) is 0 Å². The van der Waals surface area contributed by atoms with Crippen molar-refractivity contribution < 1.29 is 14.2 Å². The fourth-order valence-corrected chi connectivity index (χ4v) is 1.34. The zero-order chi connectivity index (χ0) is 13.6. The van der Waals surface area contributed by atoms with E-state index >= 15 is 0 Å². The zero-order valence-corrected chi connectivity index (χ0v) is 11.3. The van der Waals surface area contributed by atoms with E-state index in [2.05, 4.69) is 6.07 Å². The molecular formula is C14H19NO3. The van der Waals surface area contributed by atoms with Crippen molar-refractivity contribution in [2.45, 2.75) is 26.4 Å². The van der Waals surface area contributed by atoms with Crippen molar-refractivity contribution in [1.29, 1.82) is 5.26 Å². The molecule has 98 valence electrons. The average molecular weight is 249 g/mol. The number of hydrogen-bond acceptors (Lipinski definition) is 4. The minimum absolute atomic E-state index is 0.185. The molecule has 0 fully saturated rings. The van der Waals surface area contributed by atoms with Crippen molar-refractivity contribution in [3.8, 4) is 17.6 Å². The summed E-state index contributed by atoms with van der Waals surface area (Å²) in [4.78, 5) is 0. The summed E-state index contributed by atoms with van der Waals surface area (Å²) in [5, 5.41) is 8.97. The second kappa shape index (κ2) is 6.27. The smallest absolute Gasteiger partial charge is 0.140 e. The quantitative estimate of drug-likeness (QED) is 0.753. The Morgan fingerprint density at radius 1 is 1.22 bits per heavy atom. The lowest BCUT2D eigenvalue weighted by atomic mass is 10.2. The lowest BCUT2D eigenvalue weighted by Crippen LogP contribution is -2.22. The summed E-state index contributed by atoms with van der Waals surface area (Å²) < 4.78 is 16.2. The lowest BCUT2D eigenvalue weighted by Gasteiger charge is -2.19. The maximum atomic E-state index is 8.97. The number of rotatable bonds is 5. The first-order valence-electron chi connectivity index (χ1n) is 5.81. The van der Waals surface area contributed by atoms with Crippen molar-refractivity contribution >= 4 is 0 Å². The fourth-order valence-electron chi connectivity index (χ4n) is 1.34. The molecule has 0 saturated heterocycles. The zero-order valence-electron chi connectivity index (χ0n) is 11.3. The van der Waals surface area contributed by atoms with Crippen LogP contribution in [0.1, 0.15) is 26.3 Å². The van der Waals surface area contributed by atoms with Crippen LogP contribution in [0.5, 0.6) is 11.5 Å². The summed E-state index contributed by atoms with van der Waals surface area (Å²) >= 11 is 0. The van der Waals surface area contributed by atoms with E-state index in [1.165, 1.54) is 0 Å². The monoisotopic (exact) mass is 249 g/mol. The molecule has 1 aromatic carbocycles. The number of nitriles is 1. The van der Waals surface area contributed by atoms with Crippen LogP contribution in [0.3, 0.4) is 0 Å². The molecule has 0 aromatic heterocycles. The van der Waals surface area contributed by atoms with Crippen molar-refractivity contribution in [2.75, 3.05) is 20.3 Å². The maximum Gasteiger partial charge on any atom is 0.140 e. The van der Waals surface area contributed by atoms with Gasteiger partial charge < -0.3 is 14.2 Å². The maximum absolute atomic E-state index is 8.97. The molecule has 1 aromatic rings. The summed E-state index contributed by atoms with van der Waals surface area (Å²) in [7, 11) is 1.58. The molecule has 18 heavy (non-hydrogen) atoms. The molecule has 0 aliphatic carbocycles. The molecule has 0 atom stereocenters. The normalized spacial score (nSPS) is 10.8. The second-order valence-electron chi connectivity index (χ2n) is 4.78. The third-order valence-corrected chi connectivity index (χ3v) is 2.19. The van der Waals surface area contributed by atoms with Crippen LogP contribution in [-0.2, 0) is 4.74 Å². The van der Waals surface area contributed by atoms with Crippen LogP contribution in [0, 0.1) is 11.3 Å². The van der Waals surface area contributed by atoms with Crippen LogP contribution < -0.4 is 9.47 Å². The third kappa shape index (κ3) is 4.64. The van der Waals surface area contributed by atoms with Gasteiger partial charge in [0, 0.05) is 6.07 Å². The van der Waals surface area contributed by atoms with Gasteiger partial charge in [0.05, 0.1) is 24.9 Å². The highest BCUT2D eigenvalue weighted by molar-refractivity contribution is 5.47. The number of ether oxygens (including phenoxy) is 3. The largest absolute Gasteiger partial charge is 0.497 e. The minimum atomic E-state index is -0.185. The highest BCUT2D eigenvalue weighted by Gasteiger charge is 2.10. The number of nitrogens with zero attached hydrogens (tertiary/aromatic N) is 1. The molecule has 0 saturated carbocycles. The standard InChI is InChI=1S/C14H19NO3/c1-14(2,3)18-8-7-17-13-9-12(16-4)6-5-11(13)10-15/h5-6,9H,7-8H2,1-4H3. The summed E-state index contributed by atoms with van der Waals surface area (Å²) in [6, 6.07) is 7.20. The minimum Gasteiger partial charge on any atom is -0.497 e. The van der Waals surface area contributed by atoms with Crippen molar-refractivity contribution in [3.63, 3.8) is 0 Å². The average Bonchev–Trinajstić information content (AvgIpc) is 2.33. The van der Waals surface area contributed by atoms with E-state index in [9.17, 15) is 0 Å². The van der Waals surface area contributed by atoms with E-state index in [-0.39, 0.29) is 5.60 Å². The number of benzene rings is 1. The molecule has 0 heterocycles. The molecule has 0 unspecified atom stereocenters. The van der Waals surface area contributed by atoms with Gasteiger partial charge in [-0.2, -0.15) is 5.26 Å². The van der Waals surface area contributed by atoms with Crippen molar-refractivity contribution in [3.05, 3.63) is 23.8 Å². The van der Waals surface area contributed by atoms with Crippen LogP contribution in [0.15, 0.2) is 18.2 Å². The summed E-state index contributed by atoms with van der Waals surface area (Å²) in [6.45, 7) is 6.84. The number of hydrogen-bond donors (Lipinski definition) is 0. The highest BCUT2D eigenvalue weighted by atomic mass is 16.5. The predicted molar refractivity (Wildman–Crippen MR) is 68.9 cm³/mol. The van der Waals surface area contributed by atoms with E-state index in [0.29, 0.717) is 30.3 Å². The molecule has 0 aliphatic heterocycles. The Hall–Kier alpha value is -1.73. The molecule has 0 amide bonds. The number of methoxy groups -OCH3 is 1. The molecule has 0 spiro atoms. The van der Waals surface area contributed by atoms with E-state index in [1.807, 2.05) is 20.8 Å². The Balaban J connectivity index is 2.58. The SMILES string of the molecule is COc1ccc(C#N)c(OCCOC(C)(C)C)c1. The molecule has 0 N–H and O–H groups in total. The molecule has 0 aliphatic rings. The first kappa shape index (κ1) is 14.3. The van der Waals surface area contributed by atoms with Gasteiger partial charge >= 0.3 is 0 Å². The summed E-state index contributed by atoms with van der Waals surface area (Å²) in [5.74, 6) is 1.19. The van der Waals surface area contributed by atoms with Gasteiger partial charge in [-0.25, -0.2) is 0 Å².